The molecule has 11 heteroatoms. The summed E-state index contributed by atoms with van der Waals surface area (Å²) in [5, 5.41) is 6.80. The number of halogens is 6. The Kier molecular flexibility index (Phi) is 6.90. The lowest BCUT2D eigenvalue weighted by atomic mass is 10.1. The van der Waals surface area contributed by atoms with Crippen molar-refractivity contribution in [2.75, 3.05) is 13.6 Å². The zero-order valence-electron chi connectivity index (χ0n) is 14.4. The lowest BCUT2D eigenvalue weighted by Gasteiger charge is -2.08. The molecule has 0 fully saturated rings. The van der Waals surface area contributed by atoms with Crippen LogP contribution >= 0.6 is 11.3 Å². The molecule has 1 heterocycles. The fourth-order valence-corrected chi connectivity index (χ4v) is 2.66. The minimum atomic E-state index is -4.48. The summed E-state index contributed by atoms with van der Waals surface area (Å²) in [7, 11) is 1.47. The molecule has 0 aliphatic carbocycles. The average Bonchev–Trinajstić information content (AvgIpc) is 3.10. The Hall–Kier alpha value is -2.74. The number of alkyl halides is 6. The number of hydrogen-bond donors (Lipinski definition) is 2. The normalized spacial score (nSPS) is 12.3. The number of aromatic nitrogens is 1. The van der Waals surface area contributed by atoms with Gasteiger partial charge in [-0.1, -0.05) is 11.8 Å². The summed E-state index contributed by atoms with van der Waals surface area (Å²) in [5.74, 6) is 5.72. The van der Waals surface area contributed by atoms with E-state index in [1.807, 2.05) is 0 Å². The van der Waals surface area contributed by atoms with Gasteiger partial charge in [0.05, 0.1) is 18.7 Å². The second kappa shape index (κ2) is 8.97. The summed E-state index contributed by atoms with van der Waals surface area (Å²) < 4.78 is 75.0. The average molecular weight is 420 g/mol. The van der Waals surface area contributed by atoms with Crippen molar-refractivity contribution in [3.05, 3.63) is 51.5 Å². The lowest BCUT2D eigenvalue weighted by molar-refractivity contribution is -0.141. The van der Waals surface area contributed by atoms with Crippen LogP contribution < -0.4 is 10.6 Å². The molecule has 1 aromatic heterocycles. The largest absolute Gasteiger partial charge is 0.434 e. The SMILES string of the molecule is CN=C(NCC#Cc1ccc(C(F)(F)F)cc1)NCc1nc(C(F)(F)F)cs1. The molecule has 150 valence electrons. The van der Waals surface area contributed by atoms with Gasteiger partial charge in [-0.15, -0.1) is 11.3 Å². The topological polar surface area (TPSA) is 49.3 Å². The number of rotatable bonds is 3. The first-order valence-corrected chi connectivity index (χ1v) is 8.60. The molecule has 28 heavy (non-hydrogen) atoms. The van der Waals surface area contributed by atoms with Gasteiger partial charge in [-0.25, -0.2) is 4.98 Å². The molecule has 0 saturated carbocycles. The van der Waals surface area contributed by atoms with Gasteiger partial charge in [0.2, 0.25) is 0 Å². The minimum Gasteiger partial charge on any atom is -0.350 e. The number of benzene rings is 1. The van der Waals surface area contributed by atoms with Gasteiger partial charge < -0.3 is 10.6 Å². The predicted octanol–water partition coefficient (Wildman–Crippen LogP) is 3.90. The van der Waals surface area contributed by atoms with E-state index in [0.717, 1.165) is 28.8 Å². The summed E-state index contributed by atoms with van der Waals surface area (Å²) in [6, 6.07) is 4.43. The third kappa shape index (κ3) is 6.45. The van der Waals surface area contributed by atoms with Crippen molar-refractivity contribution in [2.45, 2.75) is 18.9 Å². The van der Waals surface area contributed by atoms with Crippen molar-refractivity contribution >= 4 is 17.3 Å². The summed E-state index contributed by atoms with van der Waals surface area (Å²) >= 11 is 0.873. The van der Waals surface area contributed by atoms with E-state index in [4.69, 9.17) is 0 Å². The number of aliphatic imine (C=N–C) groups is 1. The number of thiazole rings is 1. The van der Waals surface area contributed by atoms with Gasteiger partial charge in [0, 0.05) is 18.0 Å². The molecular weight excluding hydrogens is 406 g/mol. The van der Waals surface area contributed by atoms with Gasteiger partial charge in [-0.3, -0.25) is 4.99 Å². The molecule has 0 radical (unpaired) electrons. The van der Waals surface area contributed by atoms with E-state index in [1.54, 1.807) is 0 Å². The maximum absolute atomic E-state index is 12.5. The molecule has 2 aromatic rings. The van der Waals surface area contributed by atoms with E-state index in [9.17, 15) is 26.3 Å². The Morgan fingerprint density at radius 2 is 1.75 bits per heavy atom. The van der Waals surface area contributed by atoms with E-state index >= 15 is 0 Å². The van der Waals surface area contributed by atoms with Gasteiger partial charge >= 0.3 is 12.4 Å². The highest BCUT2D eigenvalue weighted by atomic mass is 32.1. The Morgan fingerprint density at radius 3 is 2.29 bits per heavy atom. The molecule has 0 amide bonds. The lowest BCUT2D eigenvalue weighted by Crippen LogP contribution is -2.36. The summed E-state index contributed by atoms with van der Waals surface area (Å²) in [5.41, 5.74) is -1.28. The molecule has 0 unspecified atom stereocenters. The first-order valence-electron chi connectivity index (χ1n) is 7.72. The van der Waals surface area contributed by atoms with Gasteiger partial charge in [0.15, 0.2) is 11.7 Å². The number of guanidine groups is 1. The quantitative estimate of drug-likeness (QED) is 0.343. The van der Waals surface area contributed by atoms with Crippen LogP contribution in [0.2, 0.25) is 0 Å². The van der Waals surface area contributed by atoms with Crippen LogP contribution in [0.25, 0.3) is 0 Å². The second-order valence-electron chi connectivity index (χ2n) is 5.28. The number of hydrogen-bond acceptors (Lipinski definition) is 3. The molecule has 0 spiro atoms. The highest BCUT2D eigenvalue weighted by Crippen LogP contribution is 2.30. The first-order chi connectivity index (χ1) is 13.1. The number of nitrogens with zero attached hydrogens (tertiary/aromatic N) is 2. The first kappa shape index (κ1) is 21.6. The Balaban J connectivity index is 1.83. The van der Waals surface area contributed by atoms with Gasteiger partial charge in [-0.05, 0) is 24.3 Å². The van der Waals surface area contributed by atoms with Crippen LogP contribution in [0.3, 0.4) is 0 Å². The van der Waals surface area contributed by atoms with Gasteiger partial charge in [-0.2, -0.15) is 26.3 Å². The highest BCUT2D eigenvalue weighted by Gasteiger charge is 2.33. The van der Waals surface area contributed by atoms with Crippen LogP contribution in [0, 0.1) is 11.8 Å². The van der Waals surface area contributed by atoms with Crippen molar-refractivity contribution in [1.82, 2.24) is 15.6 Å². The van der Waals surface area contributed by atoms with Crippen molar-refractivity contribution in [3.8, 4) is 11.8 Å². The molecule has 0 aliphatic heterocycles. The minimum absolute atomic E-state index is 0.0484. The van der Waals surface area contributed by atoms with Crippen molar-refractivity contribution < 1.29 is 26.3 Å². The Morgan fingerprint density at radius 1 is 1.07 bits per heavy atom. The monoisotopic (exact) mass is 420 g/mol. The Labute approximate surface area is 160 Å². The van der Waals surface area contributed by atoms with Crippen molar-refractivity contribution in [2.24, 2.45) is 4.99 Å². The molecule has 2 N–H and O–H groups in total. The standard InChI is InChI=1S/C17H14F6N4S/c1-24-15(26-9-14-27-13(10-28-14)17(21,22)23)25-8-2-3-11-4-6-12(7-5-11)16(18,19)20/h4-7,10H,8-9H2,1H3,(H2,24,25,26). The maximum Gasteiger partial charge on any atom is 0.434 e. The van der Waals surface area contributed by atoms with Crippen molar-refractivity contribution in [3.63, 3.8) is 0 Å². The highest BCUT2D eigenvalue weighted by molar-refractivity contribution is 7.09. The fourth-order valence-electron chi connectivity index (χ4n) is 1.92. The second-order valence-corrected chi connectivity index (χ2v) is 6.22. The van der Waals surface area contributed by atoms with Crippen LogP contribution in [-0.2, 0) is 18.9 Å². The third-order valence-electron chi connectivity index (χ3n) is 3.26. The molecule has 4 nitrogen and oxygen atoms in total. The molecule has 0 aliphatic rings. The summed E-state index contributed by atoms with van der Waals surface area (Å²) in [4.78, 5) is 7.39. The predicted molar refractivity (Wildman–Crippen MR) is 93.6 cm³/mol. The molecule has 0 bridgehead atoms. The van der Waals surface area contributed by atoms with Gasteiger partial charge in [0.25, 0.3) is 0 Å². The summed E-state index contributed by atoms with van der Waals surface area (Å²) in [6.45, 7) is 0.180. The van der Waals surface area contributed by atoms with Gasteiger partial charge in [0.1, 0.15) is 5.01 Å². The molecular formula is C17H14F6N4S. The molecule has 2 rings (SSSR count). The van der Waals surface area contributed by atoms with E-state index in [-0.39, 0.29) is 18.1 Å². The Bertz CT molecular complexity index is 872. The van der Waals surface area contributed by atoms with E-state index in [2.05, 4.69) is 32.5 Å². The maximum atomic E-state index is 12.5. The molecule has 1 aromatic carbocycles. The fraction of sp³-hybridized carbons (Fsp3) is 0.294. The van der Waals surface area contributed by atoms with Crippen LogP contribution in [-0.4, -0.2) is 24.5 Å². The van der Waals surface area contributed by atoms with Crippen LogP contribution in [0.4, 0.5) is 26.3 Å². The third-order valence-corrected chi connectivity index (χ3v) is 4.11. The molecule has 0 saturated heterocycles. The summed E-state index contributed by atoms with van der Waals surface area (Å²) in [6.07, 6.45) is -8.88. The van der Waals surface area contributed by atoms with Crippen LogP contribution in [0.1, 0.15) is 21.8 Å². The van der Waals surface area contributed by atoms with Crippen LogP contribution in [0.5, 0.6) is 0 Å². The number of nitrogens with one attached hydrogen (secondary N) is 2. The van der Waals surface area contributed by atoms with E-state index < -0.39 is 23.6 Å². The zero-order chi connectivity index (χ0) is 20.8. The van der Waals surface area contributed by atoms with Crippen LogP contribution in [0.15, 0.2) is 34.6 Å². The van der Waals surface area contributed by atoms with E-state index in [1.165, 1.54) is 19.2 Å². The van der Waals surface area contributed by atoms with Crippen molar-refractivity contribution in [1.29, 1.82) is 0 Å². The zero-order valence-corrected chi connectivity index (χ0v) is 15.2. The smallest absolute Gasteiger partial charge is 0.350 e. The van der Waals surface area contributed by atoms with E-state index in [0.29, 0.717) is 11.5 Å². The molecule has 0 atom stereocenters.